The van der Waals surface area contributed by atoms with Crippen LogP contribution in [0.4, 0.5) is 10.1 Å². The first-order chi connectivity index (χ1) is 14.8. The van der Waals surface area contributed by atoms with Crippen molar-refractivity contribution in [1.29, 1.82) is 5.26 Å². The van der Waals surface area contributed by atoms with Gasteiger partial charge in [0.15, 0.2) is 0 Å². The lowest BCUT2D eigenvalue weighted by atomic mass is 10.1. The van der Waals surface area contributed by atoms with Gasteiger partial charge in [0.25, 0.3) is 10.0 Å². The first kappa shape index (κ1) is 22.0. The van der Waals surface area contributed by atoms with E-state index < -0.39 is 15.8 Å². The average Bonchev–Trinajstić information content (AvgIpc) is 2.75. The van der Waals surface area contributed by atoms with Gasteiger partial charge in [0.2, 0.25) is 5.88 Å². The molecular weight excluding hydrogens is 417 g/mol. The van der Waals surface area contributed by atoms with E-state index in [1.54, 1.807) is 18.2 Å². The highest BCUT2D eigenvalue weighted by atomic mass is 32.2. The third kappa shape index (κ3) is 5.47. The van der Waals surface area contributed by atoms with Gasteiger partial charge in [-0.1, -0.05) is 23.8 Å². The largest absolute Gasteiger partial charge is 0.472 e. The lowest BCUT2D eigenvalue weighted by Gasteiger charge is -2.15. The lowest BCUT2D eigenvalue weighted by Crippen LogP contribution is -2.14. The number of nitrogens with zero attached hydrogens (tertiary/aromatic N) is 2. The molecule has 1 N–H and O–H groups in total. The molecule has 3 aromatic rings. The number of hydrogen-bond acceptors (Lipinski definition) is 5. The van der Waals surface area contributed by atoms with Crippen LogP contribution >= 0.6 is 0 Å². The molecule has 0 saturated carbocycles. The van der Waals surface area contributed by atoms with Gasteiger partial charge in [-0.15, -0.1) is 0 Å². The van der Waals surface area contributed by atoms with Crippen LogP contribution in [-0.2, 0) is 10.0 Å². The van der Waals surface area contributed by atoms with Crippen LogP contribution in [-0.4, -0.2) is 20.0 Å². The minimum atomic E-state index is -3.94. The van der Waals surface area contributed by atoms with Crippen molar-refractivity contribution in [2.24, 2.45) is 0 Å². The number of pyridine rings is 1. The molecule has 0 radical (unpaired) electrons. The normalized spacial score (nSPS) is 10.8. The quantitative estimate of drug-likeness (QED) is 0.531. The second kappa shape index (κ2) is 9.41. The number of allylic oxidation sites excluding steroid dienone is 1. The highest BCUT2D eigenvalue weighted by molar-refractivity contribution is 7.92. The fourth-order valence-electron chi connectivity index (χ4n) is 2.68. The molecule has 1 aromatic heterocycles. The van der Waals surface area contributed by atoms with Crippen LogP contribution in [0.1, 0.15) is 19.4 Å². The molecule has 0 atom stereocenters. The van der Waals surface area contributed by atoms with Crippen molar-refractivity contribution in [1.82, 2.24) is 4.98 Å². The highest BCUT2D eigenvalue weighted by Gasteiger charge is 2.20. The van der Waals surface area contributed by atoms with Crippen LogP contribution in [0.25, 0.3) is 11.3 Å². The Bertz CT molecular complexity index is 1250. The zero-order chi connectivity index (χ0) is 22.4. The summed E-state index contributed by atoms with van der Waals surface area (Å²) in [7, 11) is -3.94. The molecule has 158 valence electrons. The van der Waals surface area contributed by atoms with Gasteiger partial charge in [0.05, 0.1) is 16.3 Å². The van der Waals surface area contributed by atoms with Gasteiger partial charge in [0.1, 0.15) is 24.1 Å². The summed E-state index contributed by atoms with van der Waals surface area (Å²) in [5.74, 6) is -0.383. The average molecular weight is 437 g/mol. The topological polar surface area (TPSA) is 92.1 Å². The fourth-order valence-corrected chi connectivity index (χ4v) is 3.76. The monoisotopic (exact) mass is 437 g/mol. The van der Waals surface area contributed by atoms with Crippen LogP contribution in [0.2, 0.25) is 0 Å². The number of nitriles is 1. The summed E-state index contributed by atoms with van der Waals surface area (Å²) in [4.78, 5) is 4.45. The summed E-state index contributed by atoms with van der Waals surface area (Å²) in [6.07, 6.45) is 1.83. The third-order valence-electron chi connectivity index (χ3n) is 4.24. The molecule has 3 rings (SSSR count). The number of nitrogens with one attached hydrogen (secondary N) is 1. The van der Waals surface area contributed by atoms with Gasteiger partial charge in [0, 0.05) is 5.56 Å². The van der Waals surface area contributed by atoms with Gasteiger partial charge in [-0.05, 0) is 62.4 Å². The summed E-state index contributed by atoms with van der Waals surface area (Å²) < 4.78 is 47.3. The molecule has 0 aliphatic rings. The molecule has 8 heteroatoms. The summed E-state index contributed by atoms with van der Waals surface area (Å²) in [5, 5.41) is 9.55. The third-order valence-corrected chi connectivity index (χ3v) is 5.62. The Morgan fingerprint density at radius 3 is 2.45 bits per heavy atom. The Kier molecular flexibility index (Phi) is 6.68. The van der Waals surface area contributed by atoms with E-state index in [0.29, 0.717) is 5.56 Å². The van der Waals surface area contributed by atoms with E-state index in [2.05, 4.69) is 9.71 Å². The number of ether oxygens (including phenoxy) is 1. The van der Waals surface area contributed by atoms with E-state index >= 15 is 0 Å². The maximum atomic E-state index is 13.4. The molecule has 0 aliphatic heterocycles. The number of anilines is 1. The Balaban J connectivity index is 2.11. The molecule has 0 unspecified atom stereocenters. The number of rotatable bonds is 7. The van der Waals surface area contributed by atoms with Gasteiger partial charge >= 0.3 is 0 Å². The number of aromatic nitrogens is 1. The van der Waals surface area contributed by atoms with Crippen molar-refractivity contribution in [2.45, 2.75) is 18.7 Å². The van der Waals surface area contributed by atoms with Crippen LogP contribution in [0.5, 0.6) is 5.88 Å². The standard InChI is InChI=1S/C23H20FN3O3S/c1-16(2)12-13-30-23-18(15-25)14-21(22(26-23)17-8-10-19(24)11-9-17)27-31(28,29)20-6-4-3-5-7-20/h3-12,14,27H,13H2,1-2H3. The van der Waals surface area contributed by atoms with Gasteiger partial charge in [-0.25, -0.2) is 17.8 Å². The van der Waals surface area contributed by atoms with E-state index in [1.807, 2.05) is 26.0 Å². The predicted molar refractivity (Wildman–Crippen MR) is 117 cm³/mol. The minimum Gasteiger partial charge on any atom is -0.472 e. The maximum absolute atomic E-state index is 13.4. The first-order valence-corrected chi connectivity index (χ1v) is 10.8. The van der Waals surface area contributed by atoms with Gasteiger partial charge < -0.3 is 4.74 Å². The van der Waals surface area contributed by atoms with Gasteiger partial charge in [-0.3, -0.25) is 4.72 Å². The van der Waals surface area contributed by atoms with Crippen molar-refractivity contribution < 1.29 is 17.5 Å². The zero-order valence-corrected chi connectivity index (χ0v) is 17.8. The van der Waals surface area contributed by atoms with E-state index in [4.69, 9.17) is 4.74 Å². The fraction of sp³-hybridized carbons (Fsp3) is 0.130. The Labute approximate surface area is 180 Å². The second-order valence-corrected chi connectivity index (χ2v) is 8.55. The molecule has 0 saturated heterocycles. The molecule has 1 heterocycles. The van der Waals surface area contributed by atoms with Crippen molar-refractivity contribution in [2.75, 3.05) is 11.3 Å². The summed E-state index contributed by atoms with van der Waals surface area (Å²) in [6.45, 7) is 4.02. The lowest BCUT2D eigenvalue weighted by molar-refractivity contribution is 0.347. The smallest absolute Gasteiger partial charge is 0.261 e. The van der Waals surface area contributed by atoms with Crippen molar-refractivity contribution in [3.8, 4) is 23.2 Å². The first-order valence-electron chi connectivity index (χ1n) is 9.35. The molecule has 0 fully saturated rings. The summed E-state index contributed by atoms with van der Waals surface area (Å²) in [6, 6.07) is 16.6. The number of hydrogen-bond donors (Lipinski definition) is 1. The van der Waals surface area contributed by atoms with E-state index in [9.17, 15) is 18.1 Å². The molecule has 0 aliphatic carbocycles. The van der Waals surface area contributed by atoms with Crippen molar-refractivity contribution >= 4 is 15.7 Å². The molecule has 0 spiro atoms. The minimum absolute atomic E-state index is 0.0574. The van der Waals surface area contributed by atoms with Crippen LogP contribution in [0.15, 0.2) is 77.2 Å². The van der Waals surface area contributed by atoms with E-state index in [-0.39, 0.29) is 34.3 Å². The molecule has 31 heavy (non-hydrogen) atoms. The van der Waals surface area contributed by atoms with E-state index in [1.165, 1.54) is 42.5 Å². The Hall–Kier alpha value is -3.70. The van der Waals surface area contributed by atoms with Crippen LogP contribution in [0.3, 0.4) is 0 Å². The Morgan fingerprint density at radius 2 is 1.84 bits per heavy atom. The summed E-state index contributed by atoms with van der Waals surface area (Å²) >= 11 is 0. The predicted octanol–water partition coefficient (Wildman–Crippen LogP) is 4.91. The Morgan fingerprint density at radius 1 is 1.16 bits per heavy atom. The van der Waals surface area contributed by atoms with Crippen LogP contribution < -0.4 is 9.46 Å². The molecule has 6 nitrogen and oxygen atoms in total. The number of halogens is 1. The van der Waals surface area contributed by atoms with E-state index in [0.717, 1.165) is 5.57 Å². The second-order valence-electron chi connectivity index (χ2n) is 6.87. The maximum Gasteiger partial charge on any atom is 0.261 e. The van der Waals surface area contributed by atoms with Crippen molar-refractivity contribution in [3.63, 3.8) is 0 Å². The molecule has 0 bridgehead atoms. The number of sulfonamides is 1. The molecular formula is C23H20FN3O3S. The summed E-state index contributed by atoms with van der Waals surface area (Å²) in [5.41, 5.74) is 1.86. The van der Waals surface area contributed by atoms with Crippen molar-refractivity contribution in [3.05, 3.63) is 83.7 Å². The highest BCUT2D eigenvalue weighted by Crippen LogP contribution is 2.33. The van der Waals surface area contributed by atoms with Gasteiger partial charge in [-0.2, -0.15) is 5.26 Å². The SMILES string of the molecule is CC(C)=CCOc1nc(-c2ccc(F)cc2)c(NS(=O)(=O)c2ccccc2)cc1C#N. The number of benzene rings is 2. The molecule has 0 amide bonds. The molecule has 2 aromatic carbocycles. The zero-order valence-electron chi connectivity index (χ0n) is 17.0. The van der Waals surface area contributed by atoms with Crippen LogP contribution in [0, 0.1) is 17.1 Å².